The van der Waals surface area contributed by atoms with E-state index >= 15 is 0 Å². The van der Waals surface area contributed by atoms with Gasteiger partial charge in [0.25, 0.3) is 0 Å². The number of hydrogen-bond acceptors (Lipinski definition) is 4. The molecular formula is C11H15NO3S. The maximum Gasteiger partial charge on any atom is 0.337 e. The monoisotopic (exact) mass is 241 g/mol. The lowest BCUT2D eigenvalue weighted by Gasteiger charge is -2.08. The minimum absolute atomic E-state index is 0.194. The second-order valence-electron chi connectivity index (χ2n) is 3.48. The number of carboxylic acid groups (broad SMARTS) is 1. The van der Waals surface area contributed by atoms with Crippen LogP contribution in [0.4, 0.5) is 0 Å². The highest BCUT2D eigenvalue weighted by molar-refractivity contribution is 7.99. The van der Waals surface area contributed by atoms with Crippen LogP contribution in [-0.4, -0.2) is 33.0 Å². The van der Waals surface area contributed by atoms with E-state index in [0.29, 0.717) is 5.25 Å². The SMILES string of the molecule is CC(CCO)SCc1ccc(C(=O)O)cn1. The number of rotatable bonds is 6. The lowest BCUT2D eigenvalue weighted by molar-refractivity contribution is 0.0696. The normalized spacial score (nSPS) is 12.4. The summed E-state index contributed by atoms with van der Waals surface area (Å²) in [5, 5.41) is 17.8. The zero-order chi connectivity index (χ0) is 12.0. The number of carboxylic acids is 1. The van der Waals surface area contributed by atoms with Gasteiger partial charge in [0.2, 0.25) is 0 Å². The predicted octanol–water partition coefficient (Wildman–Crippen LogP) is 1.78. The zero-order valence-electron chi connectivity index (χ0n) is 9.09. The number of aromatic nitrogens is 1. The quantitative estimate of drug-likeness (QED) is 0.794. The van der Waals surface area contributed by atoms with Crippen LogP contribution in [-0.2, 0) is 5.75 Å². The molecule has 0 fully saturated rings. The van der Waals surface area contributed by atoms with Crippen LogP contribution in [0.25, 0.3) is 0 Å². The average molecular weight is 241 g/mol. The number of hydrogen-bond donors (Lipinski definition) is 2. The van der Waals surface area contributed by atoms with Gasteiger partial charge in [-0.1, -0.05) is 6.92 Å². The van der Waals surface area contributed by atoms with Crippen LogP contribution < -0.4 is 0 Å². The standard InChI is InChI=1S/C11H15NO3S/c1-8(4-5-13)16-7-10-3-2-9(6-12-10)11(14)15/h2-3,6,8,13H,4-5,7H2,1H3,(H,14,15). The highest BCUT2D eigenvalue weighted by atomic mass is 32.2. The summed E-state index contributed by atoms with van der Waals surface area (Å²) in [6, 6.07) is 3.28. The Morgan fingerprint density at radius 1 is 1.56 bits per heavy atom. The predicted molar refractivity (Wildman–Crippen MR) is 63.7 cm³/mol. The van der Waals surface area contributed by atoms with Gasteiger partial charge in [-0.15, -0.1) is 0 Å². The molecule has 88 valence electrons. The Morgan fingerprint density at radius 2 is 2.31 bits per heavy atom. The van der Waals surface area contributed by atoms with Gasteiger partial charge in [0.1, 0.15) is 0 Å². The van der Waals surface area contributed by atoms with Crippen molar-refractivity contribution in [1.29, 1.82) is 0 Å². The van der Waals surface area contributed by atoms with Crippen molar-refractivity contribution < 1.29 is 15.0 Å². The van der Waals surface area contributed by atoms with Crippen molar-refractivity contribution in [3.05, 3.63) is 29.6 Å². The highest BCUT2D eigenvalue weighted by Gasteiger charge is 2.05. The number of nitrogens with zero attached hydrogens (tertiary/aromatic N) is 1. The fourth-order valence-electron chi connectivity index (χ4n) is 1.13. The second kappa shape index (κ2) is 6.50. The molecule has 1 heterocycles. The lowest BCUT2D eigenvalue weighted by atomic mass is 10.2. The van der Waals surface area contributed by atoms with Crippen molar-refractivity contribution >= 4 is 17.7 Å². The molecular weight excluding hydrogens is 226 g/mol. The van der Waals surface area contributed by atoms with Crippen LogP contribution in [0.15, 0.2) is 18.3 Å². The Hall–Kier alpha value is -1.07. The number of pyridine rings is 1. The van der Waals surface area contributed by atoms with Gasteiger partial charge >= 0.3 is 5.97 Å². The fourth-order valence-corrected chi connectivity index (χ4v) is 2.03. The molecule has 1 rings (SSSR count). The smallest absolute Gasteiger partial charge is 0.337 e. The molecule has 1 aromatic heterocycles. The van der Waals surface area contributed by atoms with Gasteiger partial charge in [-0.3, -0.25) is 4.98 Å². The van der Waals surface area contributed by atoms with Crippen molar-refractivity contribution in [3.63, 3.8) is 0 Å². The molecule has 0 aromatic carbocycles. The van der Waals surface area contributed by atoms with Gasteiger partial charge in [0, 0.05) is 23.8 Å². The summed E-state index contributed by atoms with van der Waals surface area (Å²) in [6.07, 6.45) is 2.13. The van der Waals surface area contributed by atoms with Gasteiger partial charge in [-0.05, 0) is 18.6 Å². The summed E-state index contributed by atoms with van der Waals surface area (Å²) in [7, 11) is 0. The van der Waals surface area contributed by atoms with Gasteiger partial charge < -0.3 is 10.2 Å². The van der Waals surface area contributed by atoms with Crippen LogP contribution in [0.1, 0.15) is 29.4 Å². The molecule has 16 heavy (non-hydrogen) atoms. The number of thioether (sulfide) groups is 1. The Kier molecular flexibility index (Phi) is 5.28. The molecule has 0 spiro atoms. The van der Waals surface area contributed by atoms with Crippen molar-refractivity contribution in [1.82, 2.24) is 4.98 Å². The van der Waals surface area contributed by atoms with E-state index in [1.165, 1.54) is 6.20 Å². The van der Waals surface area contributed by atoms with E-state index in [4.69, 9.17) is 10.2 Å². The van der Waals surface area contributed by atoms with Crippen molar-refractivity contribution in [2.24, 2.45) is 0 Å². The van der Waals surface area contributed by atoms with E-state index in [-0.39, 0.29) is 12.2 Å². The van der Waals surface area contributed by atoms with E-state index in [1.807, 2.05) is 6.92 Å². The Labute approximate surface area is 98.7 Å². The number of carbonyl (C=O) groups is 1. The highest BCUT2D eigenvalue weighted by Crippen LogP contribution is 2.18. The summed E-state index contributed by atoms with van der Waals surface area (Å²) in [5.41, 5.74) is 1.07. The van der Waals surface area contributed by atoms with Crippen LogP contribution in [0.2, 0.25) is 0 Å². The second-order valence-corrected chi connectivity index (χ2v) is 4.90. The molecule has 1 aromatic rings. The number of aromatic carboxylic acids is 1. The first-order valence-corrected chi connectivity index (χ1v) is 6.09. The first kappa shape index (κ1) is 13.0. The van der Waals surface area contributed by atoms with E-state index < -0.39 is 5.97 Å². The number of aliphatic hydroxyl groups excluding tert-OH is 1. The summed E-state index contributed by atoms with van der Waals surface area (Å²) in [4.78, 5) is 14.7. The number of aliphatic hydroxyl groups is 1. The van der Waals surface area contributed by atoms with Crippen molar-refractivity contribution in [2.75, 3.05) is 6.61 Å². The molecule has 5 heteroatoms. The zero-order valence-corrected chi connectivity index (χ0v) is 9.91. The molecule has 0 saturated carbocycles. The molecule has 0 bridgehead atoms. The molecule has 4 nitrogen and oxygen atoms in total. The topological polar surface area (TPSA) is 70.4 Å². The Balaban J connectivity index is 2.46. The van der Waals surface area contributed by atoms with Gasteiger partial charge in [-0.2, -0.15) is 11.8 Å². The van der Waals surface area contributed by atoms with Crippen LogP contribution in [0, 0.1) is 0 Å². The molecule has 0 radical (unpaired) electrons. The van der Waals surface area contributed by atoms with Crippen LogP contribution in [0.5, 0.6) is 0 Å². The molecule has 0 aliphatic rings. The van der Waals surface area contributed by atoms with Gasteiger partial charge in [0.15, 0.2) is 0 Å². The maximum atomic E-state index is 10.6. The minimum atomic E-state index is -0.958. The molecule has 0 aliphatic carbocycles. The Bertz CT molecular complexity index is 340. The Morgan fingerprint density at radius 3 is 2.81 bits per heavy atom. The molecule has 1 atom stereocenters. The molecule has 2 N–H and O–H groups in total. The van der Waals surface area contributed by atoms with Crippen molar-refractivity contribution in [3.8, 4) is 0 Å². The van der Waals surface area contributed by atoms with Gasteiger partial charge in [-0.25, -0.2) is 4.79 Å². The minimum Gasteiger partial charge on any atom is -0.478 e. The summed E-state index contributed by atoms with van der Waals surface area (Å²) < 4.78 is 0. The average Bonchev–Trinajstić information content (AvgIpc) is 2.27. The fraction of sp³-hybridized carbons (Fsp3) is 0.455. The van der Waals surface area contributed by atoms with E-state index in [2.05, 4.69) is 4.98 Å². The van der Waals surface area contributed by atoms with E-state index in [0.717, 1.165) is 17.9 Å². The van der Waals surface area contributed by atoms with E-state index in [1.54, 1.807) is 23.9 Å². The molecule has 1 unspecified atom stereocenters. The molecule has 0 saturated heterocycles. The maximum absolute atomic E-state index is 10.6. The first-order chi connectivity index (χ1) is 7.63. The molecule has 0 amide bonds. The molecule has 0 aliphatic heterocycles. The van der Waals surface area contributed by atoms with Gasteiger partial charge in [0.05, 0.1) is 11.3 Å². The van der Waals surface area contributed by atoms with Crippen LogP contribution >= 0.6 is 11.8 Å². The summed E-state index contributed by atoms with van der Waals surface area (Å²) in [5.74, 6) is -0.221. The third-order valence-electron chi connectivity index (χ3n) is 2.12. The summed E-state index contributed by atoms with van der Waals surface area (Å²) >= 11 is 1.70. The van der Waals surface area contributed by atoms with E-state index in [9.17, 15) is 4.79 Å². The van der Waals surface area contributed by atoms with Crippen LogP contribution in [0.3, 0.4) is 0 Å². The lowest BCUT2D eigenvalue weighted by Crippen LogP contribution is -2.01. The van der Waals surface area contributed by atoms with Crippen molar-refractivity contribution in [2.45, 2.75) is 24.3 Å². The third kappa shape index (κ3) is 4.20. The summed E-state index contributed by atoms with van der Waals surface area (Å²) in [6.45, 7) is 2.24. The largest absolute Gasteiger partial charge is 0.478 e. The first-order valence-electron chi connectivity index (χ1n) is 5.04. The third-order valence-corrected chi connectivity index (χ3v) is 3.39.